The van der Waals surface area contributed by atoms with Crippen molar-refractivity contribution in [3.63, 3.8) is 0 Å². The number of hydrogen-bond donors (Lipinski definition) is 1. The van der Waals surface area contributed by atoms with Crippen LogP contribution in [0.1, 0.15) is 18.4 Å². The molecule has 0 amide bonds. The molecule has 3 rings (SSSR count). The first-order valence-electron chi connectivity index (χ1n) is 8.64. The monoisotopic (exact) mass is 392 g/mol. The number of ether oxygens (including phenoxy) is 2. The molecule has 1 heterocycles. The molecule has 1 aliphatic heterocycles. The molecule has 0 spiro atoms. The molecule has 8 heteroatoms. The summed E-state index contributed by atoms with van der Waals surface area (Å²) < 4.78 is 16.8. The van der Waals surface area contributed by atoms with Gasteiger partial charge in [0.2, 0.25) is 0 Å². The zero-order valence-electron chi connectivity index (χ0n) is 14.7. The maximum atomic E-state index is 11.6. The van der Waals surface area contributed by atoms with Crippen LogP contribution in [0.15, 0.2) is 36.4 Å². The van der Waals surface area contributed by atoms with Crippen molar-refractivity contribution in [2.45, 2.75) is 38.1 Å². The van der Waals surface area contributed by atoms with Gasteiger partial charge in [0.05, 0.1) is 12.5 Å². The van der Waals surface area contributed by atoms with Gasteiger partial charge in [-0.15, -0.1) is 0 Å². The van der Waals surface area contributed by atoms with Crippen molar-refractivity contribution >= 4 is 30.2 Å². The first kappa shape index (κ1) is 19.8. The van der Waals surface area contributed by atoms with Crippen molar-refractivity contribution in [3.05, 3.63) is 42.0 Å². The molecule has 1 saturated carbocycles. The summed E-state index contributed by atoms with van der Waals surface area (Å²) in [5.74, 6) is 0.634. The molecule has 26 heavy (non-hydrogen) atoms. The molecule has 0 aromatic heterocycles. The molecule has 7 atom stereocenters. The highest BCUT2D eigenvalue weighted by Gasteiger charge is 2.49. The SMILES string of the molecule is [B]P(P)O[C@@H]1C[C@@H]2OC(=O)C[C@@H]2[C@H]1/C=C/[C@@H](O)COc1cccc(C)c1. The van der Waals surface area contributed by atoms with Crippen LogP contribution >= 0.6 is 16.6 Å². The molecule has 1 aromatic rings. The molecular weight excluding hydrogens is 369 g/mol. The van der Waals surface area contributed by atoms with Gasteiger partial charge in [0, 0.05) is 18.3 Å². The average Bonchev–Trinajstić information content (AvgIpc) is 3.06. The van der Waals surface area contributed by atoms with Crippen molar-refractivity contribution in [2.75, 3.05) is 6.61 Å². The molecular formula is C18H23BO5P2. The van der Waals surface area contributed by atoms with E-state index in [1.54, 1.807) is 6.08 Å². The molecule has 5 nitrogen and oxygen atoms in total. The molecule has 2 aliphatic rings. The largest absolute Gasteiger partial charge is 0.491 e. The molecule has 1 aromatic carbocycles. The van der Waals surface area contributed by atoms with Gasteiger partial charge in [-0.2, -0.15) is 0 Å². The number of carbonyl (C=O) groups is 1. The minimum Gasteiger partial charge on any atom is -0.491 e. The minimum absolute atomic E-state index is 0.00540. The summed E-state index contributed by atoms with van der Waals surface area (Å²) in [6.45, 7) is 2.15. The molecule has 2 radical (unpaired) electrons. The number of benzene rings is 1. The van der Waals surface area contributed by atoms with E-state index in [4.69, 9.17) is 21.6 Å². The molecule has 1 aliphatic carbocycles. The molecule has 2 fully saturated rings. The Morgan fingerprint density at radius 2 is 2.35 bits per heavy atom. The Kier molecular flexibility index (Phi) is 6.74. The smallest absolute Gasteiger partial charge is 0.306 e. The zero-order valence-corrected chi connectivity index (χ0v) is 16.7. The number of carbonyl (C=O) groups excluding carboxylic acids is 1. The van der Waals surface area contributed by atoms with E-state index in [-0.39, 0.29) is 36.6 Å². The lowest BCUT2D eigenvalue weighted by atomic mass is 9.91. The third kappa shape index (κ3) is 5.07. The highest BCUT2D eigenvalue weighted by molar-refractivity contribution is 8.23. The summed E-state index contributed by atoms with van der Waals surface area (Å²) in [6, 6.07) is 7.69. The van der Waals surface area contributed by atoms with E-state index in [0.717, 1.165) is 11.3 Å². The van der Waals surface area contributed by atoms with Gasteiger partial charge in [-0.05, 0) is 32.3 Å². The summed E-state index contributed by atoms with van der Waals surface area (Å²) in [5.41, 5.74) is 1.10. The second kappa shape index (κ2) is 8.84. The fourth-order valence-electron chi connectivity index (χ4n) is 3.63. The maximum Gasteiger partial charge on any atom is 0.306 e. The Balaban J connectivity index is 1.59. The minimum atomic E-state index is -1.08. The van der Waals surface area contributed by atoms with E-state index in [9.17, 15) is 9.90 Å². The normalized spacial score (nSPS) is 30.2. The quantitative estimate of drug-likeness (QED) is 0.335. The molecule has 1 N–H and O–H groups in total. The summed E-state index contributed by atoms with van der Waals surface area (Å²) in [5, 5.41) is 10.2. The van der Waals surface area contributed by atoms with Gasteiger partial charge < -0.3 is 19.1 Å². The van der Waals surface area contributed by atoms with Gasteiger partial charge in [-0.3, -0.25) is 4.79 Å². The lowest BCUT2D eigenvalue weighted by molar-refractivity contribution is -0.141. The van der Waals surface area contributed by atoms with E-state index >= 15 is 0 Å². The highest BCUT2D eigenvalue weighted by Crippen LogP contribution is 2.50. The van der Waals surface area contributed by atoms with Crippen LogP contribution in [0.25, 0.3) is 0 Å². The zero-order chi connectivity index (χ0) is 18.7. The second-order valence-electron chi connectivity index (χ2n) is 6.79. The first-order chi connectivity index (χ1) is 12.4. The van der Waals surface area contributed by atoms with Crippen LogP contribution in [0.3, 0.4) is 0 Å². The van der Waals surface area contributed by atoms with Crippen LogP contribution in [-0.4, -0.2) is 43.6 Å². The number of aliphatic hydroxyl groups is 1. The topological polar surface area (TPSA) is 65.0 Å². The van der Waals surface area contributed by atoms with Crippen LogP contribution in [0.5, 0.6) is 5.75 Å². The number of aliphatic hydroxyl groups excluding tert-OH is 1. The first-order valence-corrected chi connectivity index (χ1v) is 11.6. The van der Waals surface area contributed by atoms with Crippen LogP contribution in [0.4, 0.5) is 0 Å². The van der Waals surface area contributed by atoms with Crippen molar-refractivity contribution in [1.29, 1.82) is 0 Å². The van der Waals surface area contributed by atoms with Gasteiger partial charge in [-0.1, -0.05) is 33.2 Å². The molecule has 0 bridgehead atoms. The van der Waals surface area contributed by atoms with Crippen molar-refractivity contribution < 1.29 is 23.9 Å². The van der Waals surface area contributed by atoms with E-state index in [0.29, 0.717) is 12.8 Å². The number of fused-ring (bicyclic) bond motifs is 1. The maximum absolute atomic E-state index is 11.6. The summed E-state index contributed by atoms with van der Waals surface area (Å²) >= 11 is 0. The van der Waals surface area contributed by atoms with Gasteiger partial charge in [0.25, 0.3) is 0 Å². The predicted octanol–water partition coefficient (Wildman–Crippen LogP) is 2.90. The van der Waals surface area contributed by atoms with Crippen molar-refractivity contribution in [1.82, 2.24) is 0 Å². The van der Waals surface area contributed by atoms with Crippen molar-refractivity contribution in [2.24, 2.45) is 11.8 Å². The third-order valence-corrected chi connectivity index (χ3v) is 5.65. The Morgan fingerprint density at radius 3 is 3.08 bits per heavy atom. The summed E-state index contributed by atoms with van der Waals surface area (Å²) in [6.07, 6.45) is 3.69. The van der Waals surface area contributed by atoms with Gasteiger partial charge in [0.1, 0.15) is 24.6 Å². The summed E-state index contributed by atoms with van der Waals surface area (Å²) in [4.78, 5) is 11.6. The van der Waals surface area contributed by atoms with E-state index < -0.39 is 13.8 Å². The highest BCUT2D eigenvalue weighted by atomic mass is 32.0. The number of aryl methyl sites for hydroxylation is 1. The Labute approximate surface area is 158 Å². The lowest BCUT2D eigenvalue weighted by Crippen LogP contribution is -2.21. The van der Waals surface area contributed by atoms with Gasteiger partial charge in [0.15, 0.2) is 7.57 Å². The predicted molar refractivity (Wildman–Crippen MR) is 105 cm³/mol. The fourth-order valence-corrected chi connectivity index (χ4v) is 4.64. The van der Waals surface area contributed by atoms with Gasteiger partial charge in [-0.25, -0.2) is 0 Å². The van der Waals surface area contributed by atoms with E-state index in [1.807, 2.05) is 37.3 Å². The lowest BCUT2D eigenvalue weighted by Gasteiger charge is -2.22. The molecule has 138 valence electrons. The van der Waals surface area contributed by atoms with E-state index in [1.165, 1.54) is 0 Å². The Morgan fingerprint density at radius 1 is 1.54 bits per heavy atom. The van der Waals surface area contributed by atoms with Crippen LogP contribution < -0.4 is 4.74 Å². The van der Waals surface area contributed by atoms with E-state index in [2.05, 4.69) is 8.93 Å². The van der Waals surface area contributed by atoms with Crippen LogP contribution in [0.2, 0.25) is 0 Å². The fraction of sp³-hybridized carbons (Fsp3) is 0.500. The van der Waals surface area contributed by atoms with Gasteiger partial charge >= 0.3 is 5.97 Å². The average molecular weight is 392 g/mol. The molecule has 1 saturated heterocycles. The Hall–Kier alpha value is -0.925. The molecule has 2 unspecified atom stereocenters. The second-order valence-corrected chi connectivity index (χ2v) is 9.25. The number of esters is 1. The summed E-state index contributed by atoms with van der Waals surface area (Å²) in [7, 11) is 7.19. The van der Waals surface area contributed by atoms with Crippen LogP contribution in [-0.2, 0) is 14.1 Å². The standard InChI is InChI=1S/C18H23BO5P2/c1-11-3-2-4-13(7-11)22-10-12(20)5-6-14-15-8-18(21)23-16(15)9-17(14)24-26(19)25/h2-7,12,14-17,20H,8-10,25H2,1H3/b6-5+/t12-,14-,15-,16+,17-,26?/m1/s1. The van der Waals surface area contributed by atoms with Crippen molar-refractivity contribution in [3.8, 4) is 5.75 Å². The van der Waals surface area contributed by atoms with Crippen LogP contribution in [0, 0.1) is 18.8 Å². The Bertz CT molecular complexity index is 669. The number of rotatable bonds is 7. The third-order valence-electron chi connectivity index (χ3n) is 4.77. The number of hydrogen-bond acceptors (Lipinski definition) is 5.